The molecule has 0 saturated carbocycles. The molecule has 0 spiro atoms. The number of aryl methyl sites for hydroxylation is 1. The third kappa shape index (κ3) is 1.98. The summed E-state index contributed by atoms with van der Waals surface area (Å²) in [4.78, 5) is 0.837. The molecule has 0 aliphatic carbocycles. The van der Waals surface area contributed by atoms with Crippen molar-refractivity contribution >= 4 is 16.3 Å². The van der Waals surface area contributed by atoms with Gasteiger partial charge in [-0.05, 0) is 0 Å². The number of hydrogen-bond acceptors (Lipinski definition) is 5. The van der Waals surface area contributed by atoms with Gasteiger partial charge in [-0.1, -0.05) is 24.2 Å². The van der Waals surface area contributed by atoms with E-state index in [-0.39, 0.29) is 0 Å². The summed E-state index contributed by atoms with van der Waals surface area (Å²) in [7, 11) is 0. The maximum atomic E-state index is 5.14. The molecule has 0 radical (unpaired) electrons. The minimum Gasteiger partial charge on any atom is -0.300 e. The van der Waals surface area contributed by atoms with E-state index in [2.05, 4.69) is 26.5 Å². The fraction of sp³-hybridized carbons (Fsp3) is 0.444. The quantitative estimate of drug-likeness (QED) is 0.602. The van der Waals surface area contributed by atoms with Crippen LogP contribution < -0.4 is 5.32 Å². The first-order valence-electron chi connectivity index (χ1n) is 4.69. The van der Waals surface area contributed by atoms with E-state index in [1.165, 1.54) is 11.3 Å². The van der Waals surface area contributed by atoms with Crippen LogP contribution in [0.4, 0.5) is 0 Å². The Hall–Kier alpha value is -1.45. The van der Waals surface area contributed by atoms with Gasteiger partial charge in [-0.3, -0.25) is 5.32 Å². The predicted molar refractivity (Wildman–Crippen MR) is 58.6 cm³/mol. The molecule has 78 valence electrons. The number of fused-ring (bicyclic) bond motifs is 1. The second-order valence-electron chi connectivity index (χ2n) is 2.97. The lowest BCUT2D eigenvalue weighted by Crippen LogP contribution is -2.13. The van der Waals surface area contributed by atoms with Crippen molar-refractivity contribution < 1.29 is 0 Å². The highest BCUT2D eigenvalue weighted by Gasteiger charge is 2.09. The Bertz CT molecular complexity index is 492. The highest BCUT2D eigenvalue weighted by atomic mass is 32.1. The first-order chi connectivity index (χ1) is 7.35. The van der Waals surface area contributed by atoms with Crippen LogP contribution in [0.15, 0.2) is 0 Å². The molecular weight excluding hydrogens is 210 g/mol. The van der Waals surface area contributed by atoms with Gasteiger partial charge in [0, 0.05) is 6.42 Å². The molecule has 1 N–H and O–H groups in total. The van der Waals surface area contributed by atoms with Crippen LogP contribution in [0, 0.1) is 12.3 Å². The molecule has 2 aromatic rings. The molecule has 6 heteroatoms. The molecule has 5 nitrogen and oxygen atoms in total. The Morgan fingerprint density at radius 3 is 3.13 bits per heavy atom. The molecule has 15 heavy (non-hydrogen) atoms. The third-order valence-electron chi connectivity index (χ3n) is 1.92. The van der Waals surface area contributed by atoms with E-state index in [4.69, 9.17) is 6.42 Å². The predicted octanol–water partition coefficient (Wildman–Crippen LogP) is 0.471. The molecule has 2 aromatic heterocycles. The zero-order chi connectivity index (χ0) is 10.7. The summed E-state index contributed by atoms with van der Waals surface area (Å²) in [6, 6.07) is 0. The molecule has 0 aliphatic rings. The molecule has 0 aliphatic heterocycles. The van der Waals surface area contributed by atoms with Gasteiger partial charge in [-0.25, -0.2) is 0 Å². The van der Waals surface area contributed by atoms with E-state index in [1.54, 1.807) is 4.52 Å². The van der Waals surface area contributed by atoms with Crippen molar-refractivity contribution in [2.45, 2.75) is 19.9 Å². The van der Waals surface area contributed by atoms with Crippen LogP contribution in [0.1, 0.15) is 17.8 Å². The van der Waals surface area contributed by atoms with Crippen molar-refractivity contribution in [2.24, 2.45) is 0 Å². The molecule has 0 saturated heterocycles. The van der Waals surface area contributed by atoms with Crippen LogP contribution in [0.3, 0.4) is 0 Å². The Balaban J connectivity index is 2.17. The van der Waals surface area contributed by atoms with E-state index in [0.29, 0.717) is 13.1 Å². The number of terminal acetylenes is 1. The van der Waals surface area contributed by atoms with Crippen molar-refractivity contribution in [1.29, 1.82) is 0 Å². The topological polar surface area (TPSA) is 55.1 Å². The summed E-state index contributed by atoms with van der Waals surface area (Å²) in [5.74, 6) is 3.41. The van der Waals surface area contributed by atoms with Crippen LogP contribution in [0.2, 0.25) is 0 Å². The maximum absolute atomic E-state index is 5.14. The maximum Gasteiger partial charge on any atom is 0.234 e. The molecule has 0 unspecified atom stereocenters. The zero-order valence-corrected chi connectivity index (χ0v) is 9.21. The Kier molecular flexibility index (Phi) is 2.94. The average Bonchev–Trinajstić information content (AvgIpc) is 2.77. The van der Waals surface area contributed by atoms with Crippen LogP contribution in [0.5, 0.6) is 0 Å². The van der Waals surface area contributed by atoms with Gasteiger partial charge in [0.15, 0.2) is 5.82 Å². The van der Waals surface area contributed by atoms with Gasteiger partial charge >= 0.3 is 0 Å². The van der Waals surface area contributed by atoms with Crippen molar-refractivity contribution in [1.82, 2.24) is 25.1 Å². The SMILES string of the molecule is C#CCNCc1nn2c(CC)nnc2s1. The monoisotopic (exact) mass is 221 g/mol. The number of aromatic nitrogens is 4. The van der Waals surface area contributed by atoms with Crippen LogP contribution >= 0.6 is 11.3 Å². The fourth-order valence-electron chi connectivity index (χ4n) is 1.23. The summed E-state index contributed by atoms with van der Waals surface area (Å²) < 4.78 is 1.79. The number of hydrogen-bond donors (Lipinski definition) is 1. The van der Waals surface area contributed by atoms with E-state index in [1.807, 2.05) is 6.92 Å². The van der Waals surface area contributed by atoms with Crippen molar-refractivity contribution in [2.75, 3.05) is 6.54 Å². The fourth-order valence-corrected chi connectivity index (χ4v) is 2.05. The minimum atomic E-state index is 0.556. The lowest BCUT2D eigenvalue weighted by Gasteiger charge is -1.93. The van der Waals surface area contributed by atoms with Gasteiger partial charge < -0.3 is 0 Å². The smallest absolute Gasteiger partial charge is 0.234 e. The molecule has 0 amide bonds. The summed E-state index contributed by atoms with van der Waals surface area (Å²) in [5.41, 5.74) is 0. The van der Waals surface area contributed by atoms with Crippen molar-refractivity contribution in [3.05, 3.63) is 10.8 Å². The van der Waals surface area contributed by atoms with E-state index in [9.17, 15) is 0 Å². The molecule has 0 atom stereocenters. The van der Waals surface area contributed by atoms with Crippen molar-refractivity contribution in [3.63, 3.8) is 0 Å². The van der Waals surface area contributed by atoms with Crippen LogP contribution in [-0.2, 0) is 13.0 Å². The molecule has 2 rings (SSSR count). The van der Waals surface area contributed by atoms with Gasteiger partial charge in [-0.15, -0.1) is 16.6 Å². The standard InChI is InChI=1S/C9H11N5S/c1-3-5-10-6-8-13-14-7(4-2)11-12-9(14)15-8/h1,10H,4-6H2,2H3. The minimum absolute atomic E-state index is 0.556. The lowest BCUT2D eigenvalue weighted by molar-refractivity contribution is 0.732. The lowest BCUT2D eigenvalue weighted by atomic mass is 10.5. The molecule has 0 fully saturated rings. The summed E-state index contributed by atoms with van der Waals surface area (Å²) in [6.07, 6.45) is 5.97. The Morgan fingerprint density at radius 1 is 1.53 bits per heavy atom. The second kappa shape index (κ2) is 4.38. The molecule has 0 bridgehead atoms. The first kappa shape index (κ1) is 10.1. The number of rotatable bonds is 4. The van der Waals surface area contributed by atoms with Crippen LogP contribution in [-0.4, -0.2) is 26.4 Å². The Morgan fingerprint density at radius 2 is 2.40 bits per heavy atom. The summed E-state index contributed by atoms with van der Waals surface area (Å²) >= 11 is 1.53. The van der Waals surface area contributed by atoms with Gasteiger partial charge in [0.05, 0.1) is 13.1 Å². The molecular formula is C9H11N5S. The largest absolute Gasteiger partial charge is 0.300 e. The third-order valence-corrected chi connectivity index (χ3v) is 2.82. The van der Waals surface area contributed by atoms with E-state index < -0.39 is 0 Å². The Labute approximate surface area is 91.5 Å². The van der Waals surface area contributed by atoms with Gasteiger partial charge in [0.1, 0.15) is 5.01 Å². The van der Waals surface area contributed by atoms with Gasteiger partial charge in [0.2, 0.25) is 4.96 Å². The first-order valence-corrected chi connectivity index (χ1v) is 5.51. The van der Waals surface area contributed by atoms with Crippen molar-refractivity contribution in [3.8, 4) is 12.3 Å². The normalized spacial score (nSPS) is 10.7. The highest BCUT2D eigenvalue weighted by Crippen LogP contribution is 2.13. The summed E-state index contributed by atoms with van der Waals surface area (Å²) in [6.45, 7) is 3.27. The van der Waals surface area contributed by atoms with E-state index in [0.717, 1.165) is 22.2 Å². The van der Waals surface area contributed by atoms with E-state index >= 15 is 0 Å². The zero-order valence-electron chi connectivity index (χ0n) is 8.40. The number of nitrogens with zero attached hydrogens (tertiary/aromatic N) is 4. The number of nitrogens with one attached hydrogen (secondary N) is 1. The van der Waals surface area contributed by atoms with Gasteiger partial charge in [0.25, 0.3) is 0 Å². The summed E-state index contributed by atoms with van der Waals surface area (Å²) in [5, 5.41) is 16.5. The average molecular weight is 221 g/mol. The molecule has 0 aromatic carbocycles. The second-order valence-corrected chi connectivity index (χ2v) is 4.01. The van der Waals surface area contributed by atoms with Crippen LogP contribution in [0.25, 0.3) is 4.96 Å². The molecule has 2 heterocycles. The van der Waals surface area contributed by atoms with Gasteiger partial charge in [-0.2, -0.15) is 9.61 Å². The highest BCUT2D eigenvalue weighted by molar-refractivity contribution is 7.16.